The lowest BCUT2D eigenvalue weighted by atomic mass is 10.1. The van der Waals surface area contributed by atoms with E-state index in [9.17, 15) is 21.6 Å². The van der Waals surface area contributed by atoms with Gasteiger partial charge in [-0.2, -0.15) is 13.2 Å². The van der Waals surface area contributed by atoms with Gasteiger partial charge in [-0.15, -0.1) is 12.4 Å². The van der Waals surface area contributed by atoms with Crippen LogP contribution in [0.5, 0.6) is 0 Å². The van der Waals surface area contributed by atoms with Gasteiger partial charge in [0.15, 0.2) is 0 Å². The van der Waals surface area contributed by atoms with Gasteiger partial charge in [0.25, 0.3) is 0 Å². The Hall–Kier alpha value is -0.800. The summed E-state index contributed by atoms with van der Waals surface area (Å²) in [5.41, 5.74) is -0.207. The van der Waals surface area contributed by atoms with Crippen LogP contribution in [0.4, 0.5) is 13.2 Å². The largest absolute Gasteiger partial charge is 0.416 e. The molecule has 0 amide bonds. The molecule has 1 aromatic carbocycles. The van der Waals surface area contributed by atoms with Crippen molar-refractivity contribution in [1.82, 2.24) is 10.0 Å². The van der Waals surface area contributed by atoms with Crippen LogP contribution < -0.4 is 10.0 Å². The standard InChI is InChI=1S/C13H14ClF3N2O2S.ClH/c14-11-5-10(13(15,16)17)6-12(7-11)22(20,21)19-8-9-1-3-18-4-2-9;/h1,5-7,18-19H,2-4,8H2;1H. The number of nitrogens with one attached hydrogen (secondary N) is 2. The number of halogens is 5. The van der Waals surface area contributed by atoms with Crippen molar-refractivity contribution >= 4 is 34.0 Å². The average molecular weight is 391 g/mol. The van der Waals surface area contributed by atoms with Crippen LogP contribution in [-0.4, -0.2) is 28.1 Å². The van der Waals surface area contributed by atoms with Crippen LogP contribution in [0.15, 0.2) is 34.7 Å². The molecule has 0 spiro atoms. The van der Waals surface area contributed by atoms with Gasteiger partial charge < -0.3 is 5.32 Å². The maximum atomic E-state index is 12.7. The fourth-order valence-electron chi connectivity index (χ4n) is 1.98. The first-order valence-corrected chi connectivity index (χ1v) is 8.31. The molecule has 130 valence electrons. The van der Waals surface area contributed by atoms with Crippen molar-refractivity contribution in [1.29, 1.82) is 0 Å². The minimum Gasteiger partial charge on any atom is -0.313 e. The van der Waals surface area contributed by atoms with Gasteiger partial charge in [0.2, 0.25) is 10.0 Å². The van der Waals surface area contributed by atoms with Crippen LogP contribution in [0.3, 0.4) is 0 Å². The summed E-state index contributed by atoms with van der Waals surface area (Å²) < 4.78 is 64.7. The molecule has 1 aromatic rings. The minimum atomic E-state index is -4.66. The molecule has 1 aliphatic rings. The monoisotopic (exact) mass is 390 g/mol. The highest BCUT2D eigenvalue weighted by Crippen LogP contribution is 2.32. The van der Waals surface area contributed by atoms with Gasteiger partial charge in [-0.1, -0.05) is 23.3 Å². The van der Waals surface area contributed by atoms with Crippen molar-refractivity contribution in [2.75, 3.05) is 19.6 Å². The second-order valence-corrected chi connectivity index (χ2v) is 7.02. The highest BCUT2D eigenvalue weighted by atomic mass is 35.5. The van der Waals surface area contributed by atoms with E-state index in [0.717, 1.165) is 18.2 Å². The smallest absolute Gasteiger partial charge is 0.313 e. The SMILES string of the molecule is Cl.O=S(=O)(NCC1=CCNCC1)c1cc(Cl)cc(C(F)(F)F)c1. The van der Waals surface area contributed by atoms with Crippen LogP contribution in [0.1, 0.15) is 12.0 Å². The summed E-state index contributed by atoms with van der Waals surface area (Å²) in [6.45, 7) is 1.45. The van der Waals surface area contributed by atoms with Crippen molar-refractivity contribution < 1.29 is 21.6 Å². The Kier molecular flexibility index (Phi) is 6.91. The molecule has 2 N–H and O–H groups in total. The molecule has 0 saturated carbocycles. The Bertz CT molecular complexity index is 691. The van der Waals surface area contributed by atoms with Crippen LogP contribution in [-0.2, 0) is 16.2 Å². The van der Waals surface area contributed by atoms with Crippen LogP contribution in [0.25, 0.3) is 0 Å². The van der Waals surface area contributed by atoms with Crippen molar-refractivity contribution in [3.63, 3.8) is 0 Å². The normalized spacial score (nSPS) is 15.7. The summed E-state index contributed by atoms with van der Waals surface area (Å²) >= 11 is 5.60. The van der Waals surface area contributed by atoms with Gasteiger partial charge in [-0.05, 0) is 31.2 Å². The molecule has 0 bridgehead atoms. The lowest BCUT2D eigenvalue weighted by molar-refractivity contribution is -0.137. The van der Waals surface area contributed by atoms with Crippen LogP contribution in [0.2, 0.25) is 5.02 Å². The Labute approximate surface area is 143 Å². The Morgan fingerprint density at radius 3 is 2.52 bits per heavy atom. The molecule has 0 aromatic heterocycles. The first-order valence-electron chi connectivity index (χ1n) is 6.44. The van der Waals surface area contributed by atoms with E-state index in [0.29, 0.717) is 25.1 Å². The molecule has 1 heterocycles. The third kappa shape index (κ3) is 5.65. The molecular weight excluding hydrogens is 376 g/mol. The van der Waals surface area contributed by atoms with Crippen molar-refractivity contribution in [3.05, 3.63) is 40.4 Å². The zero-order chi connectivity index (χ0) is 16.4. The summed E-state index contributed by atoms with van der Waals surface area (Å²) in [7, 11) is -4.06. The summed E-state index contributed by atoms with van der Waals surface area (Å²) in [6.07, 6.45) is -2.12. The van der Waals surface area contributed by atoms with Gasteiger partial charge in [-0.3, -0.25) is 0 Å². The van der Waals surface area contributed by atoms with Crippen molar-refractivity contribution in [2.24, 2.45) is 0 Å². The predicted octanol–water partition coefficient (Wildman–Crippen LogP) is 2.98. The molecule has 0 radical (unpaired) electrons. The number of hydrogen-bond acceptors (Lipinski definition) is 3. The van der Waals surface area contributed by atoms with Gasteiger partial charge in [0.05, 0.1) is 10.5 Å². The Morgan fingerprint density at radius 1 is 1.26 bits per heavy atom. The third-order valence-corrected chi connectivity index (χ3v) is 4.76. The molecule has 4 nitrogen and oxygen atoms in total. The lowest BCUT2D eigenvalue weighted by Gasteiger charge is -2.15. The van der Waals surface area contributed by atoms with E-state index >= 15 is 0 Å². The van der Waals surface area contributed by atoms with Crippen molar-refractivity contribution in [3.8, 4) is 0 Å². The van der Waals surface area contributed by atoms with Gasteiger partial charge >= 0.3 is 6.18 Å². The van der Waals surface area contributed by atoms with Crippen LogP contribution >= 0.6 is 24.0 Å². The van der Waals surface area contributed by atoms with E-state index in [1.807, 2.05) is 6.08 Å². The maximum Gasteiger partial charge on any atom is 0.416 e. The number of rotatable bonds is 4. The fraction of sp³-hybridized carbons (Fsp3) is 0.385. The summed E-state index contributed by atoms with van der Waals surface area (Å²) in [4.78, 5) is -0.498. The molecule has 10 heteroatoms. The maximum absolute atomic E-state index is 12.7. The predicted molar refractivity (Wildman–Crippen MR) is 84.5 cm³/mol. The van der Waals surface area contributed by atoms with E-state index in [1.165, 1.54) is 0 Å². The topological polar surface area (TPSA) is 58.2 Å². The molecule has 2 rings (SSSR count). The third-order valence-electron chi connectivity index (χ3n) is 3.16. The number of benzene rings is 1. The summed E-state index contributed by atoms with van der Waals surface area (Å²) in [5.74, 6) is 0. The molecule has 0 saturated heterocycles. The molecule has 0 unspecified atom stereocenters. The Balaban J connectivity index is 0.00000264. The van der Waals surface area contributed by atoms with E-state index < -0.39 is 26.7 Å². The lowest BCUT2D eigenvalue weighted by Crippen LogP contribution is -2.30. The highest BCUT2D eigenvalue weighted by Gasteiger charge is 2.32. The minimum absolute atomic E-state index is 0. The first kappa shape index (κ1) is 20.2. The molecule has 1 aliphatic heterocycles. The number of hydrogen-bond donors (Lipinski definition) is 2. The zero-order valence-corrected chi connectivity index (χ0v) is 14.2. The summed E-state index contributed by atoms with van der Waals surface area (Å²) in [6, 6.07) is 2.26. The number of alkyl halides is 3. The van der Waals surface area contributed by atoms with E-state index in [4.69, 9.17) is 11.6 Å². The van der Waals surface area contributed by atoms with Gasteiger partial charge in [0, 0.05) is 18.1 Å². The molecule has 23 heavy (non-hydrogen) atoms. The Morgan fingerprint density at radius 2 is 1.96 bits per heavy atom. The first-order chi connectivity index (χ1) is 10.2. The highest BCUT2D eigenvalue weighted by molar-refractivity contribution is 7.89. The second kappa shape index (κ2) is 7.85. The van der Waals surface area contributed by atoms with E-state index in [1.54, 1.807) is 0 Å². The zero-order valence-electron chi connectivity index (χ0n) is 11.8. The van der Waals surface area contributed by atoms with E-state index in [-0.39, 0.29) is 24.0 Å². The molecule has 0 aliphatic carbocycles. The molecular formula is C13H15Cl2F3N2O2S. The quantitative estimate of drug-likeness (QED) is 0.776. The van der Waals surface area contributed by atoms with E-state index in [2.05, 4.69) is 10.0 Å². The second-order valence-electron chi connectivity index (χ2n) is 4.81. The molecule has 0 fully saturated rings. The van der Waals surface area contributed by atoms with Gasteiger partial charge in [-0.25, -0.2) is 13.1 Å². The van der Waals surface area contributed by atoms with Gasteiger partial charge in [0.1, 0.15) is 0 Å². The molecule has 0 atom stereocenters. The fourth-order valence-corrected chi connectivity index (χ4v) is 3.39. The van der Waals surface area contributed by atoms with Crippen LogP contribution in [0, 0.1) is 0 Å². The number of sulfonamides is 1. The average Bonchev–Trinajstić information content (AvgIpc) is 2.45. The summed E-state index contributed by atoms with van der Waals surface area (Å²) in [5, 5.41) is 2.80. The van der Waals surface area contributed by atoms with Crippen molar-refractivity contribution in [2.45, 2.75) is 17.5 Å².